The number of nitrogens with one attached hydrogen (secondary N) is 1. The van der Waals surface area contributed by atoms with E-state index in [9.17, 15) is 19.2 Å². The van der Waals surface area contributed by atoms with Gasteiger partial charge >= 0.3 is 18.0 Å². The summed E-state index contributed by atoms with van der Waals surface area (Å²) >= 11 is 0. The number of nitrogens with zero attached hydrogens (tertiary/aromatic N) is 1. The summed E-state index contributed by atoms with van der Waals surface area (Å²) in [4.78, 5) is 49.4. The maximum absolute atomic E-state index is 12.8. The van der Waals surface area contributed by atoms with Crippen LogP contribution in [0, 0.1) is 0 Å². The van der Waals surface area contributed by atoms with E-state index in [-0.39, 0.29) is 23.7 Å². The molecule has 39 heavy (non-hydrogen) atoms. The minimum absolute atomic E-state index is 0.00590. The molecule has 212 valence electrons. The third-order valence-electron chi connectivity index (χ3n) is 4.49. The maximum Gasteiger partial charge on any atom is 0.428 e. The Kier molecular flexibility index (Phi) is 10.7. The topological polar surface area (TPSA) is 130 Å². The van der Waals surface area contributed by atoms with E-state index in [0.29, 0.717) is 0 Å². The lowest BCUT2D eigenvalue weighted by Crippen LogP contribution is -2.43. The first-order chi connectivity index (χ1) is 18.1. The number of hydrazine groups is 1. The van der Waals surface area contributed by atoms with Crippen molar-refractivity contribution in [1.82, 2.24) is 10.4 Å². The van der Waals surface area contributed by atoms with Gasteiger partial charge in [0, 0.05) is 12.6 Å². The summed E-state index contributed by atoms with van der Waals surface area (Å²) in [5, 5.41) is 0.902. The summed E-state index contributed by atoms with van der Waals surface area (Å²) in [5.74, 6) is -1.81. The SMILES string of the molecule is CN(NC(=O)c1ccc(OCC(=O)OC(C)(C)C)c(OCC(=O)OC(C)(C)C)c1)C(=O)OCc1ccccc1. The minimum atomic E-state index is -0.772. The van der Waals surface area contributed by atoms with E-state index in [1.54, 1.807) is 53.7 Å². The van der Waals surface area contributed by atoms with Crippen LogP contribution in [-0.4, -0.2) is 60.4 Å². The molecule has 0 aliphatic heterocycles. The van der Waals surface area contributed by atoms with Crippen LogP contribution < -0.4 is 14.9 Å². The van der Waals surface area contributed by atoms with Crippen molar-refractivity contribution in [1.29, 1.82) is 0 Å². The van der Waals surface area contributed by atoms with Gasteiger partial charge in [-0.3, -0.25) is 10.2 Å². The summed E-state index contributed by atoms with van der Waals surface area (Å²) in [5.41, 5.74) is 1.86. The Morgan fingerprint density at radius 1 is 0.769 bits per heavy atom. The lowest BCUT2D eigenvalue weighted by atomic mass is 10.2. The molecule has 11 nitrogen and oxygen atoms in total. The monoisotopic (exact) mass is 544 g/mol. The second-order valence-corrected chi connectivity index (χ2v) is 10.5. The van der Waals surface area contributed by atoms with Gasteiger partial charge in [0.05, 0.1) is 0 Å². The van der Waals surface area contributed by atoms with E-state index in [2.05, 4.69) is 5.43 Å². The molecular weight excluding hydrogens is 508 g/mol. The van der Waals surface area contributed by atoms with Crippen molar-refractivity contribution >= 4 is 23.9 Å². The maximum atomic E-state index is 12.8. The van der Waals surface area contributed by atoms with Crippen LogP contribution in [0.1, 0.15) is 57.5 Å². The predicted molar refractivity (Wildman–Crippen MR) is 141 cm³/mol. The van der Waals surface area contributed by atoms with E-state index in [0.717, 1.165) is 10.6 Å². The molecule has 0 bridgehead atoms. The minimum Gasteiger partial charge on any atom is -0.478 e. The second kappa shape index (κ2) is 13.5. The Hall–Kier alpha value is -4.28. The van der Waals surface area contributed by atoms with Gasteiger partial charge in [-0.05, 0) is 65.3 Å². The molecule has 2 aromatic rings. The fourth-order valence-electron chi connectivity index (χ4n) is 2.98. The summed E-state index contributed by atoms with van der Waals surface area (Å²) < 4.78 is 26.8. The lowest BCUT2D eigenvalue weighted by molar-refractivity contribution is -0.158. The van der Waals surface area contributed by atoms with Crippen molar-refractivity contribution in [2.45, 2.75) is 59.4 Å². The van der Waals surface area contributed by atoms with Crippen molar-refractivity contribution in [2.75, 3.05) is 20.3 Å². The van der Waals surface area contributed by atoms with Crippen LogP contribution in [0.3, 0.4) is 0 Å². The van der Waals surface area contributed by atoms with Crippen LogP contribution in [0.25, 0.3) is 0 Å². The number of benzene rings is 2. The first kappa shape index (κ1) is 30.9. The van der Waals surface area contributed by atoms with Crippen LogP contribution in [0.15, 0.2) is 48.5 Å². The Morgan fingerprint density at radius 2 is 1.31 bits per heavy atom. The Morgan fingerprint density at radius 3 is 1.85 bits per heavy atom. The van der Waals surface area contributed by atoms with Crippen LogP contribution in [0.2, 0.25) is 0 Å². The van der Waals surface area contributed by atoms with Crippen LogP contribution in [0.5, 0.6) is 11.5 Å². The largest absolute Gasteiger partial charge is 0.478 e. The van der Waals surface area contributed by atoms with Crippen molar-refractivity contribution in [2.24, 2.45) is 0 Å². The fraction of sp³-hybridized carbons (Fsp3) is 0.429. The van der Waals surface area contributed by atoms with Crippen LogP contribution >= 0.6 is 0 Å². The molecule has 0 spiro atoms. The van der Waals surface area contributed by atoms with Gasteiger partial charge in [0.25, 0.3) is 5.91 Å². The van der Waals surface area contributed by atoms with E-state index in [1.165, 1.54) is 25.2 Å². The normalized spacial score (nSPS) is 11.2. The number of esters is 2. The zero-order chi connectivity index (χ0) is 29.2. The zero-order valence-corrected chi connectivity index (χ0v) is 23.4. The van der Waals surface area contributed by atoms with Gasteiger partial charge in [-0.25, -0.2) is 19.4 Å². The van der Waals surface area contributed by atoms with E-state index >= 15 is 0 Å². The van der Waals surface area contributed by atoms with E-state index < -0.39 is 48.4 Å². The van der Waals surface area contributed by atoms with Gasteiger partial charge in [-0.1, -0.05) is 30.3 Å². The van der Waals surface area contributed by atoms with Crippen molar-refractivity contribution in [3.8, 4) is 11.5 Å². The van der Waals surface area contributed by atoms with E-state index in [4.69, 9.17) is 23.7 Å². The molecule has 11 heteroatoms. The Labute approximate surface area is 228 Å². The van der Waals surface area contributed by atoms with Gasteiger partial charge in [-0.15, -0.1) is 0 Å². The first-order valence-corrected chi connectivity index (χ1v) is 12.2. The highest BCUT2D eigenvalue weighted by atomic mass is 16.6. The molecule has 2 rings (SSSR count). The average Bonchev–Trinajstić information content (AvgIpc) is 2.83. The average molecular weight is 545 g/mol. The first-order valence-electron chi connectivity index (χ1n) is 12.2. The number of rotatable bonds is 9. The van der Waals surface area contributed by atoms with Gasteiger partial charge in [0.15, 0.2) is 24.7 Å². The molecule has 0 radical (unpaired) electrons. The Balaban J connectivity index is 2.10. The molecular formula is C28H36N2O9. The molecule has 0 aliphatic carbocycles. The number of carbonyl (C=O) groups excluding carboxylic acids is 4. The molecule has 0 fully saturated rings. The van der Waals surface area contributed by atoms with E-state index in [1.807, 2.05) is 18.2 Å². The fourth-order valence-corrected chi connectivity index (χ4v) is 2.98. The molecule has 0 aliphatic rings. The molecule has 0 atom stereocenters. The van der Waals surface area contributed by atoms with Crippen LogP contribution in [0.4, 0.5) is 4.79 Å². The third kappa shape index (κ3) is 11.8. The number of ether oxygens (including phenoxy) is 5. The molecule has 0 saturated carbocycles. The zero-order valence-electron chi connectivity index (χ0n) is 23.4. The number of hydrogen-bond acceptors (Lipinski definition) is 9. The van der Waals surface area contributed by atoms with Crippen molar-refractivity contribution < 1.29 is 42.9 Å². The molecule has 0 aromatic heterocycles. The van der Waals surface area contributed by atoms with Crippen molar-refractivity contribution in [3.05, 3.63) is 59.7 Å². The quantitative estimate of drug-likeness (QED) is 0.282. The highest BCUT2D eigenvalue weighted by Crippen LogP contribution is 2.29. The van der Waals surface area contributed by atoms with Gasteiger partial charge in [0.1, 0.15) is 17.8 Å². The standard InChI is InChI=1S/C28H36N2O9/c1-27(2,3)38-23(31)17-35-21-14-13-20(15-22(21)36-18-24(32)39-28(4,5)6)25(33)29-30(7)26(34)37-16-19-11-9-8-10-12-19/h8-15H,16-18H2,1-7H3,(H,29,33). The second-order valence-electron chi connectivity index (χ2n) is 10.5. The highest BCUT2D eigenvalue weighted by Gasteiger charge is 2.21. The Bertz CT molecular complexity index is 1150. The smallest absolute Gasteiger partial charge is 0.428 e. The van der Waals surface area contributed by atoms with Crippen molar-refractivity contribution in [3.63, 3.8) is 0 Å². The predicted octanol–water partition coefficient (Wildman–Crippen LogP) is 4.04. The number of carbonyl (C=O) groups is 4. The molecule has 0 heterocycles. The highest BCUT2D eigenvalue weighted by molar-refractivity contribution is 5.95. The number of hydrogen-bond donors (Lipinski definition) is 1. The molecule has 2 amide bonds. The molecule has 0 saturated heterocycles. The van der Waals surface area contributed by atoms with Gasteiger partial charge in [0.2, 0.25) is 0 Å². The molecule has 0 unspecified atom stereocenters. The molecule has 2 aromatic carbocycles. The van der Waals surface area contributed by atoms with Gasteiger partial charge < -0.3 is 23.7 Å². The van der Waals surface area contributed by atoms with Crippen LogP contribution in [-0.2, 0) is 30.4 Å². The summed E-state index contributed by atoms with van der Waals surface area (Å²) in [6.07, 6.45) is -0.772. The summed E-state index contributed by atoms with van der Waals surface area (Å²) in [7, 11) is 1.34. The number of amides is 2. The molecule has 1 N–H and O–H groups in total. The summed E-state index contributed by atoms with van der Waals surface area (Å²) in [6.45, 7) is 9.45. The third-order valence-corrected chi connectivity index (χ3v) is 4.49. The van der Waals surface area contributed by atoms with Gasteiger partial charge in [-0.2, -0.15) is 0 Å². The summed E-state index contributed by atoms with van der Waals surface area (Å²) in [6, 6.07) is 13.2. The lowest BCUT2D eigenvalue weighted by Gasteiger charge is -2.21.